The number of rotatable bonds is 10. The zero-order valence-corrected chi connectivity index (χ0v) is 23.4. The molecule has 2 heterocycles. The number of hydrogen-bond acceptors (Lipinski definition) is 6. The monoisotopic (exact) mass is 545 g/mol. The number of ether oxygens (including phenoxy) is 2. The molecule has 0 bridgehead atoms. The van der Waals surface area contributed by atoms with Crippen molar-refractivity contribution >= 4 is 33.3 Å². The standard InChI is InChI=1S/C28H35N3O4S.ClH/c1-4-31(36(32,33)25-11-7-9-20-10-8-15-29-27(20)25)17-6-5-16-30-18-14-21-19-24(34-2)28(35-3)22-12-13-23(30)26(21)22;/h7-11,15,19,23H,4-6,12-14,16-18H2,1-3H3;1H. The molecule has 0 saturated carbocycles. The predicted molar refractivity (Wildman–Crippen MR) is 149 cm³/mol. The third-order valence-corrected chi connectivity index (χ3v) is 9.68. The number of pyridine rings is 1. The van der Waals surface area contributed by atoms with E-state index in [1.807, 2.05) is 25.1 Å². The molecule has 2 aromatic carbocycles. The Kier molecular flexibility index (Phi) is 8.63. The number of nitrogens with zero attached hydrogens (tertiary/aromatic N) is 3. The number of halogens is 1. The molecule has 2 aliphatic rings. The Labute approximate surface area is 226 Å². The van der Waals surface area contributed by atoms with Crippen molar-refractivity contribution < 1.29 is 17.9 Å². The highest BCUT2D eigenvalue weighted by Gasteiger charge is 2.36. The molecular weight excluding hydrogens is 510 g/mol. The average Bonchev–Trinajstić information content (AvgIpc) is 3.35. The first kappa shape index (κ1) is 27.6. The molecule has 1 unspecified atom stereocenters. The van der Waals surface area contributed by atoms with Crippen molar-refractivity contribution in [3.63, 3.8) is 0 Å². The summed E-state index contributed by atoms with van der Waals surface area (Å²) in [5, 5.41) is 0.838. The van der Waals surface area contributed by atoms with Crippen LogP contribution in [0.1, 0.15) is 48.9 Å². The van der Waals surface area contributed by atoms with Gasteiger partial charge in [0.25, 0.3) is 0 Å². The Morgan fingerprint density at radius 3 is 2.68 bits per heavy atom. The van der Waals surface area contributed by atoms with E-state index >= 15 is 0 Å². The molecule has 1 aliphatic carbocycles. The van der Waals surface area contributed by atoms with E-state index in [1.165, 1.54) is 16.7 Å². The van der Waals surface area contributed by atoms with Gasteiger partial charge in [0, 0.05) is 42.8 Å². The Morgan fingerprint density at radius 1 is 1.11 bits per heavy atom. The molecule has 9 heteroatoms. The summed E-state index contributed by atoms with van der Waals surface area (Å²) < 4.78 is 39.9. The van der Waals surface area contributed by atoms with E-state index in [2.05, 4.69) is 16.0 Å². The van der Waals surface area contributed by atoms with Crippen LogP contribution in [0.25, 0.3) is 10.9 Å². The second-order valence-electron chi connectivity index (χ2n) is 9.54. The van der Waals surface area contributed by atoms with Gasteiger partial charge in [-0.05, 0) is 68.0 Å². The first-order valence-electron chi connectivity index (χ1n) is 12.8. The van der Waals surface area contributed by atoms with E-state index in [1.54, 1.807) is 36.9 Å². The van der Waals surface area contributed by atoms with Gasteiger partial charge >= 0.3 is 0 Å². The van der Waals surface area contributed by atoms with Crippen molar-refractivity contribution in [2.45, 2.75) is 50.0 Å². The van der Waals surface area contributed by atoms with E-state index in [-0.39, 0.29) is 17.3 Å². The number of aromatic nitrogens is 1. The van der Waals surface area contributed by atoms with E-state index in [9.17, 15) is 8.42 Å². The van der Waals surface area contributed by atoms with Crippen molar-refractivity contribution in [3.8, 4) is 11.5 Å². The molecule has 1 aliphatic heterocycles. The lowest BCUT2D eigenvalue weighted by Crippen LogP contribution is -2.36. The van der Waals surface area contributed by atoms with Gasteiger partial charge in [-0.3, -0.25) is 9.88 Å². The van der Waals surface area contributed by atoms with Crippen LogP contribution < -0.4 is 9.47 Å². The third-order valence-electron chi connectivity index (χ3n) is 7.68. The van der Waals surface area contributed by atoms with Crippen molar-refractivity contribution in [2.24, 2.45) is 0 Å². The fourth-order valence-electron chi connectivity index (χ4n) is 5.96. The van der Waals surface area contributed by atoms with Crippen molar-refractivity contribution in [1.82, 2.24) is 14.2 Å². The number of hydrogen-bond donors (Lipinski definition) is 0. The van der Waals surface area contributed by atoms with Crippen LogP contribution in [0.15, 0.2) is 47.5 Å². The number of sulfonamides is 1. The lowest BCUT2D eigenvalue weighted by atomic mass is 9.92. The fourth-order valence-corrected chi connectivity index (χ4v) is 7.62. The van der Waals surface area contributed by atoms with Crippen molar-refractivity contribution in [1.29, 1.82) is 0 Å². The summed E-state index contributed by atoms with van der Waals surface area (Å²) in [6.45, 7) is 4.83. The minimum atomic E-state index is -3.61. The van der Waals surface area contributed by atoms with Gasteiger partial charge in [-0.15, -0.1) is 12.4 Å². The maximum Gasteiger partial charge on any atom is 0.245 e. The van der Waals surface area contributed by atoms with Gasteiger partial charge in [0.2, 0.25) is 10.0 Å². The van der Waals surface area contributed by atoms with Crippen LogP contribution in [0.4, 0.5) is 0 Å². The van der Waals surface area contributed by atoms with Crippen LogP contribution in [-0.2, 0) is 22.9 Å². The highest BCUT2D eigenvalue weighted by Crippen LogP contribution is 2.48. The average molecular weight is 546 g/mol. The lowest BCUT2D eigenvalue weighted by molar-refractivity contribution is 0.180. The second kappa shape index (κ2) is 11.6. The third kappa shape index (κ3) is 5.04. The molecule has 0 spiro atoms. The highest BCUT2D eigenvalue weighted by molar-refractivity contribution is 7.89. The quantitative estimate of drug-likeness (QED) is 0.333. The van der Waals surface area contributed by atoms with Gasteiger partial charge in [0.15, 0.2) is 11.5 Å². The molecule has 0 fully saturated rings. The smallest absolute Gasteiger partial charge is 0.245 e. The molecule has 0 amide bonds. The normalized spacial score (nSPS) is 17.0. The summed E-state index contributed by atoms with van der Waals surface area (Å²) in [6.07, 6.45) is 6.52. The fraction of sp³-hybridized carbons (Fsp3) is 0.464. The molecule has 1 aromatic heterocycles. The van der Waals surface area contributed by atoms with Gasteiger partial charge in [0.05, 0.1) is 19.7 Å². The number of unbranched alkanes of at least 4 members (excludes halogenated alkanes) is 1. The Morgan fingerprint density at radius 2 is 1.92 bits per heavy atom. The Bertz CT molecular complexity index is 1360. The molecule has 0 N–H and O–H groups in total. The van der Waals surface area contributed by atoms with Crippen LogP contribution >= 0.6 is 12.4 Å². The molecule has 1 atom stereocenters. The summed E-state index contributed by atoms with van der Waals surface area (Å²) in [5.74, 6) is 1.72. The molecule has 37 heavy (non-hydrogen) atoms. The first-order valence-corrected chi connectivity index (χ1v) is 14.3. The largest absolute Gasteiger partial charge is 0.493 e. The first-order chi connectivity index (χ1) is 17.5. The zero-order chi connectivity index (χ0) is 25.3. The number of benzene rings is 2. The summed E-state index contributed by atoms with van der Waals surface area (Å²) in [5.41, 5.74) is 4.65. The Hall–Kier alpha value is -2.39. The van der Waals surface area contributed by atoms with E-state index in [0.29, 0.717) is 24.6 Å². The van der Waals surface area contributed by atoms with Crippen LogP contribution in [-0.4, -0.2) is 63.0 Å². The lowest BCUT2D eigenvalue weighted by Gasteiger charge is -2.35. The van der Waals surface area contributed by atoms with Crippen LogP contribution in [0.2, 0.25) is 0 Å². The van der Waals surface area contributed by atoms with Gasteiger partial charge in [-0.1, -0.05) is 25.1 Å². The minimum Gasteiger partial charge on any atom is -0.493 e. The summed E-state index contributed by atoms with van der Waals surface area (Å²) in [6, 6.07) is 11.6. The Balaban J connectivity index is 0.00000320. The predicted octanol–water partition coefficient (Wildman–Crippen LogP) is 5.01. The van der Waals surface area contributed by atoms with Gasteiger partial charge in [-0.25, -0.2) is 8.42 Å². The minimum absolute atomic E-state index is 0. The van der Waals surface area contributed by atoms with Crippen LogP contribution in [0, 0.1) is 0 Å². The SMILES string of the molecule is CCN(CCCCN1CCc2cc(OC)c(OC)c3c2C1CC3)S(=O)(=O)c1cccc2cccnc12.Cl. The number of para-hydroxylation sites is 1. The van der Waals surface area contributed by atoms with E-state index < -0.39 is 10.0 Å². The van der Waals surface area contributed by atoms with Crippen molar-refractivity contribution in [3.05, 3.63) is 59.3 Å². The molecule has 0 saturated heterocycles. The summed E-state index contributed by atoms with van der Waals surface area (Å²) in [7, 11) is -0.191. The van der Waals surface area contributed by atoms with Gasteiger partial charge in [-0.2, -0.15) is 4.31 Å². The molecular formula is C28H36ClN3O4S. The van der Waals surface area contributed by atoms with Crippen molar-refractivity contribution in [2.75, 3.05) is 40.4 Å². The van der Waals surface area contributed by atoms with E-state index in [0.717, 1.165) is 62.1 Å². The van der Waals surface area contributed by atoms with E-state index in [4.69, 9.17) is 9.47 Å². The van der Waals surface area contributed by atoms with Crippen LogP contribution in [0.3, 0.4) is 0 Å². The van der Waals surface area contributed by atoms with Crippen LogP contribution in [0.5, 0.6) is 11.5 Å². The number of fused-ring (bicyclic) bond motifs is 1. The highest BCUT2D eigenvalue weighted by atomic mass is 35.5. The molecule has 7 nitrogen and oxygen atoms in total. The van der Waals surface area contributed by atoms with Gasteiger partial charge < -0.3 is 9.47 Å². The maximum atomic E-state index is 13.5. The molecule has 200 valence electrons. The molecule has 5 rings (SSSR count). The summed E-state index contributed by atoms with van der Waals surface area (Å²) in [4.78, 5) is 7.22. The summed E-state index contributed by atoms with van der Waals surface area (Å²) >= 11 is 0. The zero-order valence-electron chi connectivity index (χ0n) is 21.8. The molecule has 3 aromatic rings. The molecule has 0 radical (unpaired) electrons. The maximum absolute atomic E-state index is 13.5. The topological polar surface area (TPSA) is 72.0 Å². The number of methoxy groups -OCH3 is 2. The van der Waals surface area contributed by atoms with Gasteiger partial charge in [0.1, 0.15) is 4.90 Å². The second-order valence-corrected chi connectivity index (χ2v) is 11.4.